The number of alkyl halides is 2. The molecule has 0 aliphatic carbocycles. The van der Waals surface area contributed by atoms with E-state index in [0.29, 0.717) is 11.3 Å². The van der Waals surface area contributed by atoms with E-state index in [1.54, 1.807) is 24.3 Å². The maximum absolute atomic E-state index is 11.5. The Morgan fingerprint density at radius 3 is 2.53 bits per heavy atom. The predicted molar refractivity (Wildman–Crippen MR) is 62.0 cm³/mol. The van der Waals surface area contributed by atoms with E-state index < -0.39 is 4.84 Å². The van der Waals surface area contributed by atoms with Gasteiger partial charge in [0.05, 0.1) is 6.10 Å². The molecule has 0 fully saturated rings. The summed E-state index contributed by atoms with van der Waals surface area (Å²) >= 11 is 11.0. The third kappa shape index (κ3) is 3.73. The summed E-state index contributed by atoms with van der Waals surface area (Å²) < 4.78 is 5.45. The Hall–Kier alpha value is -0.730. The molecule has 0 N–H and O–H groups in total. The third-order valence-corrected chi connectivity index (χ3v) is 2.08. The summed E-state index contributed by atoms with van der Waals surface area (Å²) in [5.41, 5.74) is 0.461. The van der Waals surface area contributed by atoms with Gasteiger partial charge in [0.2, 0.25) is 0 Å². The molecule has 0 heterocycles. The highest BCUT2D eigenvalue weighted by Crippen LogP contribution is 2.18. The van der Waals surface area contributed by atoms with Crippen molar-refractivity contribution < 1.29 is 9.53 Å². The van der Waals surface area contributed by atoms with Crippen LogP contribution in [0.1, 0.15) is 24.2 Å². The molecule has 0 atom stereocenters. The number of benzene rings is 1. The number of hydrogen-bond acceptors (Lipinski definition) is 2. The molecule has 1 aromatic carbocycles. The van der Waals surface area contributed by atoms with Crippen LogP contribution in [-0.4, -0.2) is 16.7 Å². The molecule has 0 saturated carbocycles. The molecule has 0 unspecified atom stereocenters. The molecule has 0 aliphatic rings. The number of carbonyl (C=O) groups is 1. The van der Waals surface area contributed by atoms with E-state index in [2.05, 4.69) is 0 Å². The lowest BCUT2D eigenvalue weighted by Crippen LogP contribution is -2.10. The fourth-order valence-electron chi connectivity index (χ4n) is 1.12. The molecule has 2 nitrogen and oxygen atoms in total. The fourth-order valence-corrected chi connectivity index (χ4v) is 1.37. The van der Waals surface area contributed by atoms with Crippen molar-refractivity contribution >= 4 is 29.0 Å². The Balaban J connectivity index is 2.87. The van der Waals surface area contributed by atoms with Crippen molar-refractivity contribution in [3.63, 3.8) is 0 Å². The molecular weight excluding hydrogens is 235 g/mol. The average molecular weight is 247 g/mol. The van der Waals surface area contributed by atoms with Crippen molar-refractivity contribution in [3.05, 3.63) is 29.8 Å². The van der Waals surface area contributed by atoms with E-state index in [1.165, 1.54) is 0 Å². The molecule has 0 spiro atoms. The average Bonchev–Trinajstić information content (AvgIpc) is 2.16. The maximum atomic E-state index is 11.5. The molecule has 1 rings (SSSR count). The van der Waals surface area contributed by atoms with Gasteiger partial charge in [0.15, 0.2) is 10.6 Å². The van der Waals surface area contributed by atoms with Gasteiger partial charge in [-0.2, -0.15) is 0 Å². The van der Waals surface area contributed by atoms with Crippen molar-refractivity contribution in [2.75, 3.05) is 0 Å². The minimum atomic E-state index is -1.03. The standard InChI is InChI=1S/C11H12Cl2O2/c1-7(2)15-9-5-3-4-8(6-9)10(14)11(12)13/h3-7,11H,1-2H3. The fraction of sp³-hybridized carbons (Fsp3) is 0.364. The van der Waals surface area contributed by atoms with Crippen molar-refractivity contribution in [2.24, 2.45) is 0 Å². The summed E-state index contributed by atoms with van der Waals surface area (Å²) in [5, 5.41) is 0. The van der Waals surface area contributed by atoms with E-state index >= 15 is 0 Å². The second kappa shape index (κ2) is 5.38. The van der Waals surface area contributed by atoms with Crippen LogP contribution in [0.2, 0.25) is 0 Å². The number of rotatable bonds is 4. The quantitative estimate of drug-likeness (QED) is 0.601. The monoisotopic (exact) mass is 246 g/mol. The number of Topliss-reactive ketones (excluding diaryl/α,β-unsaturated/α-hetero) is 1. The maximum Gasteiger partial charge on any atom is 0.195 e. The van der Waals surface area contributed by atoms with Gasteiger partial charge in [-0.25, -0.2) is 0 Å². The van der Waals surface area contributed by atoms with Gasteiger partial charge in [0.25, 0.3) is 0 Å². The Labute approximate surface area is 99.1 Å². The van der Waals surface area contributed by atoms with E-state index in [9.17, 15) is 4.79 Å². The second-order valence-corrected chi connectivity index (χ2v) is 4.46. The van der Waals surface area contributed by atoms with Crippen LogP contribution in [0.15, 0.2) is 24.3 Å². The van der Waals surface area contributed by atoms with Crippen LogP contribution in [0, 0.1) is 0 Å². The molecule has 0 amide bonds. The van der Waals surface area contributed by atoms with Crippen LogP contribution in [-0.2, 0) is 0 Å². The smallest absolute Gasteiger partial charge is 0.195 e. The minimum Gasteiger partial charge on any atom is -0.491 e. The normalized spacial score (nSPS) is 10.8. The number of halogens is 2. The lowest BCUT2D eigenvalue weighted by atomic mass is 10.1. The number of carbonyl (C=O) groups excluding carboxylic acids is 1. The Kier molecular flexibility index (Phi) is 4.43. The first-order valence-corrected chi connectivity index (χ1v) is 5.47. The highest BCUT2D eigenvalue weighted by Gasteiger charge is 2.14. The summed E-state index contributed by atoms with van der Waals surface area (Å²) in [6, 6.07) is 6.82. The topological polar surface area (TPSA) is 26.3 Å². The van der Waals surface area contributed by atoms with E-state index in [0.717, 1.165) is 0 Å². The molecule has 82 valence electrons. The molecule has 1 aromatic rings. The van der Waals surface area contributed by atoms with Gasteiger partial charge in [-0.15, -0.1) is 0 Å². The van der Waals surface area contributed by atoms with Gasteiger partial charge >= 0.3 is 0 Å². The Morgan fingerprint density at radius 2 is 2.00 bits per heavy atom. The first-order chi connectivity index (χ1) is 7.00. The summed E-state index contributed by atoms with van der Waals surface area (Å²) in [5.74, 6) is 0.331. The minimum absolute atomic E-state index is 0.0677. The highest BCUT2D eigenvalue weighted by molar-refractivity contribution is 6.55. The van der Waals surface area contributed by atoms with Crippen molar-refractivity contribution in [1.29, 1.82) is 0 Å². The zero-order chi connectivity index (χ0) is 11.4. The van der Waals surface area contributed by atoms with Gasteiger partial charge in [0, 0.05) is 5.56 Å². The van der Waals surface area contributed by atoms with Gasteiger partial charge < -0.3 is 4.74 Å². The molecule has 4 heteroatoms. The van der Waals surface area contributed by atoms with Gasteiger partial charge in [-0.1, -0.05) is 35.3 Å². The first kappa shape index (κ1) is 12.3. The number of ether oxygens (including phenoxy) is 1. The lowest BCUT2D eigenvalue weighted by Gasteiger charge is -2.10. The predicted octanol–water partition coefficient (Wildman–Crippen LogP) is 3.46. The zero-order valence-corrected chi connectivity index (χ0v) is 10.0. The molecule has 0 bridgehead atoms. The molecule has 0 saturated heterocycles. The summed E-state index contributed by atoms with van der Waals surface area (Å²) in [6.07, 6.45) is 0.0677. The molecular formula is C11H12Cl2O2. The Bertz CT molecular complexity index is 348. The van der Waals surface area contributed by atoms with Crippen LogP contribution in [0.4, 0.5) is 0 Å². The van der Waals surface area contributed by atoms with Crippen LogP contribution in [0.25, 0.3) is 0 Å². The van der Waals surface area contributed by atoms with Gasteiger partial charge in [0.1, 0.15) is 5.75 Å². The van der Waals surface area contributed by atoms with Crippen LogP contribution >= 0.6 is 23.2 Å². The van der Waals surface area contributed by atoms with Gasteiger partial charge in [-0.3, -0.25) is 4.79 Å². The van der Waals surface area contributed by atoms with E-state index in [-0.39, 0.29) is 11.9 Å². The molecule has 0 radical (unpaired) electrons. The lowest BCUT2D eigenvalue weighted by molar-refractivity contribution is 0.101. The second-order valence-electron chi connectivity index (χ2n) is 3.36. The van der Waals surface area contributed by atoms with Crippen LogP contribution < -0.4 is 4.74 Å². The molecule has 0 aliphatic heterocycles. The van der Waals surface area contributed by atoms with Crippen molar-refractivity contribution in [2.45, 2.75) is 24.8 Å². The van der Waals surface area contributed by atoms with Gasteiger partial charge in [-0.05, 0) is 26.0 Å². The summed E-state index contributed by atoms with van der Waals surface area (Å²) in [6.45, 7) is 3.83. The largest absolute Gasteiger partial charge is 0.491 e. The summed E-state index contributed by atoms with van der Waals surface area (Å²) in [4.78, 5) is 10.4. The zero-order valence-electron chi connectivity index (χ0n) is 8.54. The van der Waals surface area contributed by atoms with Crippen molar-refractivity contribution in [3.8, 4) is 5.75 Å². The Morgan fingerprint density at radius 1 is 1.33 bits per heavy atom. The van der Waals surface area contributed by atoms with Crippen molar-refractivity contribution in [1.82, 2.24) is 0 Å². The first-order valence-electron chi connectivity index (χ1n) is 4.60. The number of ketones is 1. The molecule has 15 heavy (non-hydrogen) atoms. The van der Waals surface area contributed by atoms with Crippen LogP contribution in [0.3, 0.4) is 0 Å². The number of hydrogen-bond donors (Lipinski definition) is 0. The van der Waals surface area contributed by atoms with Crippen LogP contribution in [0.5, 0.6) is 5.75 Å². The highest BCUT2D eigenvalue weighted by atomic mass is 35.5. The molecule has 0 aromatic heterocycles. The van der Waals surface area contributed by atoms with E-state index in [1.807, 2.05) is 13.8 Å². The summed E-state index contributed by atoms with van der Waals surface area (Å²) in [7, 11) is 0. The third-order valence-electron chi connectivity index (χ3n) is 1.69. The van der Waals surface area contributed by atoms with E-state index in [4.69, 9.17) is 27.9 Å². The SMILES string of the molecule is CC(C)Oc1cccc(C(=O)C(Cl)Cl)c1.